The number of hydrogen-bond donors (Lipinski definition) is 1. The topological polar surface area (TPSA) is 55.4 Å². The van der Waals surface area contributed by atoms with E-state index in [1.54, 1.807) is 0 Å². The van der Waals surface area contributed by atoms with Crippen LogP contribution >= 0.6 is 0 Å². The first-order valence-corrected chi connectivity index (χ1v) is 18.0. The fourth-order valence-electron chi connectivity index (χ4n) is 5.73. The summed E-state index contributed by atoms with van der Waals surface area (Å²) in [6.45, 7) is 4.70. The monoisotopic (exact) mass is 591 g/mol. The predicted molar refractivity (Wildman–Crippen MR) is 177 cm³/mol. The minimum atomic E-state index is -3.42. The lowest BCUT2D eigenvalue weighted by Crippen LogP contribution is -2.43. The van der Waals surface area contributed by atoms with Crippen LogP contribution in [0.25, 0.3) is 0 Å². The molecule has 1 atom stereocenters. The molecule has 0 fully saturated rings. The van der Waals surface area contributed by atoms with Crippen molar-refractivity contribution in [3.05, 3.63) is 108 Å². The van der Waals surface area contributed by atoms with Crippen LogP contribution in [-0.4, -0.2) is 26.8 Å². The molecule has 0 bridgehead atoms. The molecule has 3 aromatic rings. The first-order chi connectivity index (χ1) is 20.5. The van der Waals surface area contributed by atoms with E-state index in [1.165, 1.54) is 32.1 Å². The summed E-state index contributed by atoms with van der Waals surface area (Å²) in [6, 6.07) is 30.6. The van der Waals surface area contributed by atoms with Gasteiger partial charge in [0.2, 0.25) is 10.0 Å². The summed E-state index contributed by atoms with van der Waals surface area (Å²) >= 11 is 0. The van der Waals surface area contributed by atoms with Gasteiger partial charge in [-0.2, -0.15) is 0 Å². The van der Waals surface area contributed by atoms with E-state index in [9.17, 15) is 8.42 Å². The average Bonchev–Trinajstić information content (AvgIpc) is 3.02. The van der Waals surface area contributed by atoms with Gasteiger partial charge in [0.15, 0.2) is 0 Å². The van der Waals surface area contributed by atoms with Gasteiger partial charge in [0.25, 0.3) is 0 Å². The zero-order valence-electron chi connectivity index (χ0n) is 26.0. The van der Waals surface area contributed by atoms with Crippen molar-refractivity contribution in [2.24, 2.45) is 0 Å². The third-order valence-corrected chi connectivity index (χ3v) is 9.58. The fourth-order valence-corrected chi connectivity index (χ4v) is 7.12. The zero-order chi connectivity index (χ0) is 29.9. The summed E-state index contributed by atoms with van der Waals surface area (Å²) in [5.41, 5.74) is 2.20. The van der Waals surface area contributed by atoms with E-state index in [2.05, 4.69) is 55.0 Å². The van der Waals surface area contributed by atoms with Crippen molar-refractivity contribution in [2.75, 3.05) is 12.4 Å². The van der Waals surface area contributed by atoms with Crippen molar-refractivity contribution in [3.63, 3.8) is 0 Å². The van der Waals surface area contributed by atoms with Crippen LogP contribution in [0.4, 0.5) is 0 Å². The third-order valence-electron chi connectivity index (χ3n) is 8.06. The van der Waals surface area contributed by atoms with E-state index >= 15 is 0 Å². The van der Waals surface area contributed by atoms with Gasteiger partial charge in [0.1, 0.15) is 5.60 Å². The Morgan fingerprint density at radius 2 is 1.00 bits per heavy atom. The zero-order valence-corrected chi connectivity index (χ0v) is 26.8. The van der Waals surface area contributed by atoms with Crippen LogP contribution in [0.1, 0.15) is 114 Å². The first kappa shape index (κ1) is 34.0. The Bertz CT molecular complexity index is 1100. The number of benzene rings is 3. The van der Waals surface area contributed by atoms with Gasteiger partial charge in [-0.15, -0.1) is 0 Å². The normalized spacial score (nSPS) is 12.8. The standard InChI is InChI=1S/C37H53NO3S/c1-3-5-7-9-10-11-12-23-31-42(39,40)38-36(30-22-8-6-4-2)32-41-37(33-24-16-13-17-25-33,34-26-18-14-19-27-34)35-28-20-15-21-29-35/h13-21,24-29,36,38H,3-12,22-23,30-32H2,1-2H3/t36-/m1/s1. The molecule has 230 valence electrons. The lowest BCUT2D eigenvalue weighted by molar-refractivity contribution is 0.00164. The molecule has 0 aliphatic heterocycles. The second kappa shape index (κ2) is 18.9. The van der Waals surface area contributed by atoms with E-state index in [0.717, 1.165) is 61.6 Å². The maximum absolute atomic E-state index is 13.3. The molecule has 3 rings (SSSR count). The average molecular weight is 592 g/mol. The molecule has 1 N–H and O–H groups in total. The molecule has 0 amide bonds. The Labute approximate surface area is 256 Å². The maximum Gasteiger partial charge on any atom is 0.211 e. The van der Waals surface area contributed by atoms with Gasteiger partial charge >= 0.3 is 0 Å². The number of unbranched alkanes of at least 4 members (excludes halogenated alkanes) is 10. The highest BCUT2D eigenvalue weighted by molar-refractivity contribution is 7.89. The minimum absolute atomic E-state index is 0.175. The van der Waals surface area contributed by atoms with Gasteiger partial charge in [-0.1, -0.05) is 175 Å². The molecule has 0 aromatic heterocycles. The fraction of sp³-hybridized carbons (Fsp3) is 0.514. The summed E-state index contributed by atoms with van der Waals surface area (Å²) in [5.74, 6) is 0.175. The lowest BCUT2D eigenvalue weighted by Gasteiger charge is -2.37. The van der Waals surface area contributed by atoms with Crippen molar-refractivity contribution in [1.82, 2.24) is 4.72 Å². The molecule has 0 saturated heterocycles. The van der Waals surface area contributed by atoms with Crippen LogP contribution in [0.5, 0.6) is 0 Å². The molecular weight excluding hydrogens is 538 g/mol. The van der Waals surface area contributed by atoms with Crippen LogP contribution in [0.3, 0.4) is 0 Å². The van der Waals surface area contributed by atoms with Crippen molar-refractivity contribution in [1.29, 1.82) is 0 Å². The van der Waals surface area contributed by atoms with E-state index in [1.807, 2.05) is 54.6 Å². The molecule has 3 aromatic carbocycles. The number of rotatable bonds is 22. The van der Waals surface area contributed by atoms with Crippen LogP contribution in [0, 0.1) is 0 Å². The molecular formula is C37H53NO3S. The summed E-state index contributed by atoms with van der Waals surface area (Å²) < 4.78 is 36.6. The van der Waals surface area contributed by atoms with Gasteiger partial charge in [0, 0.05) is 6.04 Å². The van der Waals surface area contributed by atoms with Crippen molar-refractivity contribution in [3.8, 4) is 0 Å². The van der Waals surface area contributed by atoms with Gasteiger partial charge in [0.05, 0.1) is 12.4 Å². The van der Waals surface area contributed by atoms with Gasteiger partial charge in [-0.25, -0.2) is 13.1 Å². The van der Waals surface area contributed by atoms with Crippen molar-refractivity contribution in [2.45, 2.75) is 109 Å². The predicted octanol–water partition coefficient (Wildman–Crippen LogP) is 9.39. The molecule has 0 radical (unpaired) electrons. The van der Waals surface area contributed by atoms with E-state index in [-0.39, 0.29) is 18.4 Å². The number of sulfonamides is 1. The molecule has 0 aliphatic rings. The first-order valence-electron chi connectivity index (χ1n) is 16.3. The van der Waals surface area contributed by atoms with Gasteiger partial charge < -0.3 is 4.74 Å². The molecule has 0 spiro atoms. The molecule has 42 heavy (non-hydrogen) atoms. The number of nitrogens with one attached hydrogen (secondary N) is 1. The summed E-state index contributed by atoms with van der Waals surface area (Å²) in [6.07, 6.45) is 14.2. The second-order valence-corrected chi connectivity index (χ2v) is 13.4. The quantitative estimate of drug-likeness (QED) is 0.0935. The highest BCUT2D eigenvalue weighted by Gasteiger charge is 2.38. The Morgan fingerprint density at radius 3 is 1.45 bits per heavy atom. The molecule has 4 nitrogen and oxygen atoms in total. The minimum Gasteiger partial charge on any atom is -0.359 e. The Balaban J connectivity index is 1.79. The van der Waals surface area contributed by atoms with Gasteiger partial charge in [-0.05, 0) is 29.5 Å². The van der Waals surface area contributed by atoms with Crippen LogP contribution in [-0.2, 0) is 20.4 Å². The number of hydrogen-bond acceptors (Lipinski definition) is 3. The summed E-state index contributed by atoms with van der Waals surface area (Å²) in [4.78, 5) is 0. The summed E-state index contributed by atoms with van der Waals surface area (Å²) in [7, 11) is -3.42. The van der Waals surface area contributed by atoms with Gasteiger partial charge in [-0.3, -0.25) is 0 Å². The number of ether oxygens (including phenoxy) is 1. The molecule has 0 saturated carbocycles. The van der Waals surface area contributed by atoms with Crippen LogP contribution in [0.2, 0.25) is 0 Å². The molecule has 5 heteroatoms. The second-order valence-electron chi connectivity index (χ2n) is 11.5. The largest absolute Gasteiger partial charge is 0.359 e. The third kappa shape index (κ3) is 11.0. The van der Waals surface area contributed by atoms with Crippen molar-refractivity contribution >= 4 is 10.0 Å². The smallest absolute Gasteiger partial charge is 0.211 e. The van der Waals surface area contributed by atoms with Crippen LogP contribution < -0.4 is 4.72 Å². The SMILES string of the molecule is CCCCCCCCCCS(=O)(=O)N[C@H](CCCCCC)COC(c1ccccc1)(c1ccccc1)c1ccccc1. The molecule has 0 aliphatic carbocycles. The maximum atomic E-state index is 13.3. The highest BCUT2D eigenvalue weighted by Crippen LogP contribution is 2.40. The van der Waals surface area contributed by atoms with E-state index in [0.29, 0.717) is 6.42 Å². The Morgan fingerprint density at radius 1 is 0.595 bits per heavy atom. The Hall–Kier alpha value is -2.47. The Kier molecular flexibility index (Phi) is 15.3. The molecule has 0 heterocycles. The van der Waals surface area contributed by atoms with Crippen molar-refractivity contribution < 1.29 is 13.2 Å². The van der Waals surface area contributed by atoms with E-state index in [4.69, 9.17) is 4.74 Å². The van der Waals surface area contributed by atoms with Crippen LogP contribution in [0.15, 0.2) is 91.0 Å². The van der Waals surface area contributed by atoms with E-state index < -0.39 is 15.6 Å². The lowest BCUT2D eigenvalue weighted by atomic mass is 9.80. The molecule has 0 unspecified atom stereocenters. The highest BCUT2D eigenvalue weighted by atomic mass is 32.2. The summed E-state index contributed by atoms with van der Waals surface area (Å²) in [5, 5.41) is 0.